The van der Waals surface area contributed by atoms with E-state index in [1.807, 2.05) is 0 Å². The van der Waals surface area contributed by atoms with Gasteiger partial charge in [-0.05, 0) is 80.9 Å². The van der Waals surface area contributed by atoms with Gasteiger partial charge in [0.05, 0.1) is 13.2 Å². The quantitative estimate of drug-likeness (QED) is 0.0552. The molecule has 5 aromatic carbocycles. The zero-order valence-electron chi connectivity index (χ0n) is 29.8. The van der Waals surface area contributed by atoms with Gasteiger partial charge < -0.3 is 9.47 Å². The summed E-state index contributed by atoms with van der Waals surface area (Å²) in [5, 5.41) is 5.09. The molecule has 0 aliphatic carbocycles. The van der Waals surface area contributed by atoms with E-state index >= 15 is 0 Å². The SMILES string of the molecule is CCCCCCCCCCOc1ccc(-c2c3ccccc3c(-c3ccc(OCCCCCCCCCC)cc3)c3ccccc23)cc1. The summed E-state index contributed by atoms with van der Waals surface area (Å²) in [6, 6.07) is 35.2. The van der Waals surface area contributed by atoms with Gasteiger partial charge in [0.1, 0.15) is 11.5 Å². The van der Waals surface area contributed by atoms with Crippen LogP contribution in [0.2, 0.25) is 0 Å². The van der Waals surface area contributed by atoms with Crippen LogP contribution in [0.3, 0.4) is 0 Å². The minimum Gasteiger partial charge on any atom is -0.494 e. The Bertz CT molecular complexity index is 1450. The first-order chi connectivity index (χ1) is 23.8. The van der Waals surface area contributed by atoms with E-state index in [4.69, 9.17) is 9.47 Å². The van der Waals surface area contributed by atoms with Gasteiger partial charge in [-0.25, -0.2) is 0 Å². The number of ether oxygens (including phenoxy) is 2. The van der Waals surface area contributed by atoms with Gasteiger partial charge in [-0.2, -0.15) is 0 Å². The van der Waals surface area contributed by atoms with Crippen LogP contribution in [0.15, 0.2) is 97.1 Å². The van der Waals surface area contributed by atoms with Crippen molar-refractivity contribution < 1.29 is 9.47 Å². The molecule has 2 nitrogen and oxygen atoms in total. The van der Waals surface area contributed by atoms with Gasteiger partial charge in [0, 0.05) is 0 Å². The number of hydrogen-bond donors (Lipinski definition) is 0. The first kappa shape index (κ1) is 35.5. The molecule has 0 saturated carbocycles. The number of hydrogen-bond acceptors (Lipinski definition) is 2. The number of rotatable bonds is 22. The molecule has 0 N–H and O–H groups in total. The summed E-state index contributed by atoms with van der Waals surface area (Å²) in [4.78, 5) is 0. The van der Waals surface area contributed by atoms with Crippen LogP contribution in [-0.4, -0.2) is 13.2 Å². The van der Waals surface area contributed by atoms with Crippen molar-refractivity contribution in [2.24, 2.45) is 0 Å². The van der Waals surface area contributed by atoms with E-state index in [1.54, 1.807) is 0 Å². The van der Waals surface area contributed by atoms with Crippen LogP contribution in [0, 0.1) is 0 Å². The Hall–Kier alpha value is -3.78. The zero-order valence-corrected chi connectivity index (χ0v) is 29.8. The summed E-state index contributed by atoms with van der Waals surface area (Å²) in [6.45, 7) is 6.13. The summed E-state index contributed by atoms with van der Waals surface area (Å²) < 4.78 is 12.3. The minimum absolute atomic E-state index is 0.790. The van der Waals surface area contributed by atoms with E-state index in [2.05, 4.69) is 111 Å². The van der Waals surface area contributed by atoms with Gasteiger partial charge in [0.2, 0.25) is 0 Å². The van der Waals surface area contributed by atoms with E-state index in [9.17, 15) is 0 Å². The highest BCUT2D eigenvalue weighted by Gasteiger charge is 2.16. The van der Waals surface area contributed by atoms with Gasteiger partial charge in [-0.1, -0.05) is 177 Å². The fourth-order valence-electron chi connectivity index (χ4n) is 7.04. The van der Waals surface area contributed by atoms with Gasteiger partial charge in [-0.3, -0.25) is 0 Å². The summed E-state index contributed by atoms with van der Waals surface area (Å²) in [5.41, 5.74) is 5.01. The van der Waals surface area contributed by atoms with E-state index in [0.717, 1.165) is 37.6 Å². The summed E-state index contributed by atoms with van der Waals surface area (Å²) in [6.07, 6.45) is 21.0. The third kappa shape index (κ3) is 10.1. The number of benzene rings is 5. The van der Waals surface area contributed by atoms with Crippen LogP contribution in [0.5, 0.6) is 11.5 Å². The minimum atomic E-state index is 0.790. The molecule has 0 fully saturated rings. The van der Waals surface area contributed by atoms with Crippen LogP contribution in [0.4, 0.5) is 0 Å². The Morgan fingerprint density at radius 1 is 0.333 bits per heavy atom. The molecule has 0 aliphatic rings. The maximum atomic E-state index is 6.15. The van der Waals surface area contributed by atoms with Crippen molar-refractivity contribution in [1.82, 2.24) is 0 Å². The topological polar surface area (TPSA) is 18.5 Å². The summed E-state index contributed by atoms with van der Waals surface area (Å²) in [7, 11) is 0. The van der Waals surface area contributed by atoms with E-state index < -0.39 is 0 Å². The molecule has 0 unspecified atom stereocenters. The van der Waals surface area contributed by atoms with Crippen molar-refractivity contribution >= 4 is 21.5 Å². The zero-order chi connectivity index (χ0) is 33.2. The Balaban J connectivity index is 1.25. The average Bonchev–Trinajstić information content (AvgIpc) is 3.13. The van der Waals surface area contributed by atoms with Crippen LogP contribution < -0.4 is 9.47 Å². The second kappa shape index (κ2) is 19.9. The fourth-order valence-corrected chi connectivity index (χ4v) is 7.04. The average molecular weight is 643 g/mol. The van der Waals surface area contributed by atoms with Gasteiger partial charge >= 0.3 is 0 Å². The highest BCUT2D eigenvalue weighted by atomic mass is 16.5. The maximum Gasteiger partial charge on any atom is 0.119 e. The number of fused-ring (bicyclic) bond motifs is 2. The highest BCUT2D eigenvalue weighted by molar-refractivity contribution is 6.21. The predicted molar refractivity (Wildman–Crippen MR) is 209 cm³/mol. The van der Waals surface area contributed by atoms with E-state index in [-0.39, 0.29) is 0 Å². The third-order valence-electron chi connectivity index (χ3n) is 9.75. The Morgan fingerprint density at radius 2 is 0.625 bits per heavy atom. The molecule has 5 rings (SSSR count). The Morgan fingerprint density at radius 3 is 0.938 bits per heavy atom. The molecule has 0 aliphatic heterocycles. The van der Waals surface area contributed by atoms with Crippen LogP contribution >= 0.6 is 0 Å². The second-order valence-electron chi connectivity index (χ2n) is 13.5. The molecule has 0 atom stereocenters. The van der Waals surface area contributed by atoms with Gasteiger partial charge in [-0.15, -0.1) is 0 Å². The molecule has 5 aromatic rings. The van der Waals surface area contributed by atoms with Crippen molar-refractivity contribution in [1.29, 1.82) is 0 Å². The number of unbranched alkanes of at least 4 members (excludes halogenated alkanes) is 14. The smallest absolute Gasteiger partial charge is 0.119 e. The highest BCUT2D eigenvalue weighted by Crippen LogP contribution is 2.44. The molecule has 0 heterocycles. The van der Waals surface area contributed by atoms with Crippen LogP contribution in [0.1, 0.15) is 117 Å². The Labute approximate surface area is 290 Å². The molecule has 2 heteroatoms. The molecule has 0 bridgehead atoms. The molecule has 48 heavy (non-hydrogen) atoms. The molecule has 0 aromatic heterocycles. The van der Waals surface area contributed by atoms with Gasteiger partial charge in [0.25, 0.3) is 0 Å². The largest absolute Gasteiger partial charge is 0.494 e. The van der Waals surface area contributed by atoms with Gasteiger partial charge in [0.15, 0.2) is 0 Å². The maximum absolute atomic E-state index is 6.15. The first-order valence-electron chi connectivity index (χ1n) is 19.2. The summed E-state index contributed by atoms with van der Waals surface area (Å²) in [5.74, 6) is 1.91. The lowest BCUT2D eigenvalue weighted by Crippen LogP contribution is -1.97. The van der Waals surface area contributed by atoms with E-state index in [1.165, 1.54) is 134 Å². The monoisotopic (exact) mass is 642 g/mol. The first-order valence-corrected chi connectivity index (χ1v) is 19.2. The molecule has 0 spiro atoms. The molecular weight excluding hydrogens is 585 g/mol. The van der Waals surface area contributed by atoms with Crippen molar-refractivity contribution in [3.63, 3.8) is 0 Å². The lowest BCUT2D eigenvalue weighted by atomic mass is 9.86. The molecular formula is C46H58O2. The fraction of sp³-hybridized carbons (Fsp3) is 0.435. The van der Waals surface area contributed by atoms with Crippen LogP contribution in [-0.2, 0) is 0 Å². The van der Waals surface area contributed by atoms with E-state index in [0.29, 0.717) is 0 Å². The lowest BCUT2D eigenvalue weighted by Gasteiger charge is -2.18. The van der Waals surface area contributed by atoms with Crippen molar-refractivity contribution in [2.75, 3.05) is 13.2 Å². The lowest BCUT2D eigenvalue weighted by molar-refractivity contribution is 0.304. The van der Waals surface area contributed by atoms with Crippen molar-refractivity contribution in [2.45, 2.75) is 117 Å². The van der Waals surface area contributed by atoms with Crippen molar-refractivity contribution in [3.8, 4) is 33.8 Å². The summed E-state index contributed by atoms with van der Waals surface area (Å²) >= 11 is 0. The third-order valence-corrected chi connectivity index (χ3v) is 9.75. The van der Waals surface area contributed by atoms with Crippen molar-refractivity contribution in [3.05, 3.63) is 97.1 Å². The standard InChI is InChI=1S/C46H58O2/c1-3-5-7-9-11-13-15-21-35-47-39-31-27-37(28-32-39)45-41-23-17-19-25-43(41)46(44-26-20-18-24-42(44)45)38-29-33-40(34-30-38)48-36-22-16-14-12-10-8-6-4-2/h17-20,23-34H,3-16,21-22,35-36H2,1-2H3. The Kier molecular flexibility index (Phi) is 14.7. The predicted octanol–water partition coefficient (Wildman–Crippen LogP) is 14.4. The van der Waals surface area contributed by atoms with Crippen LogP contribution in [0.25, 0.3) is 43.8 Å². The molecule has 0 saturated heterocycles. The second-order valence-corrected chi connectivity index (χ2v) is 13.5. The normalized spacial score (nSPS) is 11.4. The molecule has 0 radical (unpaired) electrons. The molecule has 254 valence electrons. The molecule has 0 amide bonds.